The molecular weight excluding hydrogens is 290 g/mol. The molecule has 2 aromatic carbocycles. The third-order valence-corrected chi connectivity index (χ3v) is 4.42. The molecule has 0 heterocycles. The summed E-state index contributed by atoms with van der Waals surface area (Å²) in [5, 5.41) is 3.53. The van der Waals surface area contributed by atoms with Crippen LogP contribution in [0.15, 0.2) is 59.5 Å². The van der Waals surface area contributed by atoms with E-state index < -0.39 is 0 Å². The smallest absolute Gasteiger partial charge is 0.237 e. The highest BCUT2D eigenvalue weighted by atomic mass is 35.5. The zero-order chi connectivity index (χ0) is 14.4. The first-order valence-electron chi connectivity index (χ1n) is 6.47. The van der Waals surface area contributed by atoms with Gasteiger partial charge in [0.05, 0.1) is 5.25 Å². The number of thioether (sulfide) groups is 1. The fourth-order valence-electron chi connectivity index (χ4n) is 1.74. The van der Waals surface area contributed by atoms with Crippen LogP contribution in [-0.4, -0.2) is 11.2 Å². The second-order valence-corrected chi connectivity index (χ2v) is 6.04. The average Bonchev–Trinajstić information content (AvgIpc) is 2.47. The van der Waals surface area contributed by atoms with Crippen molar-refractivity contribution in [2.45, 2.75) is 23.5 Å². The average molecular weight is 306 g/mol. The first kappa shape index (κ1) is 14.9. The van der Waals surface area contributed by atoms with Gasteiger partial charge in [0.1, 0.15) is 0 Å². The molecule has 104 valence electrons. The maximum absolute atomic E-state index is 12.3. The Morgan fingerprint density at radius 3 is 2.40 bits per heavy atom. The molecule has 0 saturated carbocycles. The molecule has 0 aromatic heterocycles. The Balaban J connectivity index is 2.00. The summed E-state index contributed by atoms with van der Waals surface area (Å²) in [4.78, 5) is 13.3. The van der Waals surface area contributed by atoms with Crippen LogP contribution in [0.1, 0.15) is 13.3 Å². The molecule has 4 heteroatoms. The topological polar surface area (TPSA) is 29.1 Å². The Kier molecular flexibility index (Phi) is 5.50. The number of rotatable bonds is 5. The predicted molar refractivity (Wildman–Crippen MR) is 86.5 cm³/mol. The van der Waals surface area contributed by atoms with Gasteiger partial charge in [-0.2, -0.15) is 0 Å². The molecule has 0 aliphatic carbocycles. The number of benzene rings is 2. The normalized spacial score (nSPS) is 11.9. The van der Waals surface area contributed by atoms with Crippen molar-refractivity contribution in [3.8, 4) is 0 Å². The van der Waals surface area contributed by atoms with Crippen LogP contribution in [0.25, 0.3) is 0 Å². The highest BCUT2D eigenvalue weighted by Gasteiger charge is 2.17. The quantitative estimate of drug-likeness (QED) is 0.800. The van der Waals surface area contributed by atoms with Gasteiger partial charge in [0, 0.05) is 15.6 Å². The molecule has 0 spiro atoms. The molecule has 0 saturated heterocycles. The van der Waals surface area contributed by atoms with Gasteiger partial charge in [-0.3, -0.25) is 4.79 Å². The fourth-order valence-corrected chi connectivity index (χ4v) is 2.82. The van der Waals surface area contributed by atoms with E-state index in [-0.39, 0.29) is 11.2 Å². The van der Waals surface area contributed by atoms with E-state index in [1.54, 1.807) is 11.8 Å². The fraction of sp³-hybridized carbons (Fsp3) is 0.188. The Hall–Kier alpha value is -1.45. The molecule has 2 aromatic rings. The molecule has 20 heavy (non-hydrogen) atoms. The first-order chi connectivity index (χ1) is 9.69. The largest absolute Gasteiger partial charge is 0.325 e. The summed E-state index contributed by atoms with van der Waals surface area (Å²) in [5.41, 5.74) is 0.827. The lowest BCUT2D eigenvalue weighted by molar-refractivity contribution is -0.115. The van der Waals surface area contributed by atoms with Gasteiger partial charge in [0.25, 0.3) is 0 Å². The standard InChI is InChI=1S/C16H16ClNOS/c1-2-15(20-14-10-8-12(17)9-11-14)16(19)18-13-6-4-3-5-7-13/h3-11,15H,2H2,1H3,(H,18,19)/t15-/m1/s1. The number of anilines is 1. The molecule has 0 radical (unpaired) electrons. The lowest BCUT2D eigenvalue weighted by Gasteiger charge is -2.14. The van der Waals surface area contributed by atoms with Crippen molar-refractivity contribution in [2.75, 3.05) is 5.32 Å². The number of hydrogen-bond donors (Lipinski definition) is 1. The SMILES string of the molecule is CC[C@@H](Sc1ccc(Cl)cc1)C(=O)Nc1ccccc1. The van der Waals surface area contributed by atoms with E-state index in [9.17, 15) is 4.79 Å². The van der Waals surface area contributed by atoms with Crippen molar-refractivity contribution in [3.63, 3.8) is 0 Å². The highest BCUT2D eigenvalue weighted by molar-refractivity contribution is 8.00. The molecule has 0 bridgehead atoms. The van der Waals surface area contributed by atoms with Gasteiger partial charge in [0.2, 0.25) is 5.91 Å². The first-order valence-corrected chi connectivity index (χ1v) is 7.73. The molecule has 0 unspecified atom stereocenters. The number of nitrogens with one attached hydrogen (secondary N) is 1. The molecule has 0 aliphatic heterocycles. The van der Waals surface area contributed by atoms with Crippen LogP contribution >= 0.6 is 23.4 Å². The van der Waals surface area contributed by atoms with Crippen molar-refractivity contribution in [2.24, 2.45) is 0 Å². The van der Waals surface area contributed by atoms with E-state index in [4.69, 9.17) is 11.6 Å². The number of halogens is 1. The summed E-state index contributed by atoms with van der Waals surface area (Å²) in [6.07, 6.45) is 0.770. The highest BCUT2D eigenvalue weighted by Crippen LogP contribution is 2.27. The maximum atomic E-state index is 12.3. The van der Waals surface area contributed by atoms with Gasteiger partial charge in [-0.15, -0.1) is 11.8 Å². The third-order valence-electron chi connectivity index (χ3n) is 2.80. The summed E-state index contributed by atoms with van der Waals surface area (Å²) in [6.45, 7) is 2.01. The van der Waals surface area contributed by atoms with Gasteiger partial charge in [-0.05, 0) is 42.8 Å². The summed E-state index contributed by atoms with van der Waals surface area (Å²) >= 11 is 7.42. The van der Waals surface area contributed by atoms with E-state index >= 15 is 0 Å². The number of para-hydroxylation sites is 1. The van der Waals surface area contributed by atoms with Crippen LogP contribution in [0.5, 0.6) is 0 Å². The van der Waals surface area contributed by atoms with Crippen molar-refractivity contribution in [1.82, 2.24) is 0 Å². The minimum Gasteiger partial charge on any atom is -0.325 e. The van der Waals surface area contributed by atoms with Crippen LogP contribution < -0.4 is 5.32 Å². The molecular formula is C16H16ClNOS. The van der Waals surface area contributed by atoms with Crippen molar-refractivity contribution < 1.29 is 4.79 Å². The van der Waals surface area contributed by atoms with Crippen molar-refractivity contribution >= 4 is 35.0 Å². The molecule has 2 rings (SSSR count). The lowest BCUT2D eigenvalue weighted by atomic mass is 10.3. The Morgan fingerprint density at radius 2 is 1.80 bits per heavy atom. The van der Waals surface area contributed by atoms with E-state index in [0.717, 1.165) is 17.0 Å². The minimum absolute atomic E-state index is 0.0265. The van der Waals surface area contributed by atoms with Gasteiger partial charge >= 0.3 is 0 Å². The summed E-state index contributed by atoms with van der Waals surface area (Å²) < 4.78 is 0. The van der Waals surface area contributed by atoms with Crippen LogP contribution in [0, 0.1) is 0 Å². The molecule has 0 aliphatic rings. The number of carbonyl (C=O) groups excluding carboxylic acids is 1. The number of carbonyl (C=O) groups is 1. The molecule has 1 N–H and O–H groups in total. The van der Waals surface area contributed by atoms with Crippen molar-refractivity contribution in [1.29, 1.82) is 0 Å². The summed E-state index contributed by atoms with van der Waals surface area (Å²) in [5.74, 6) is 0.0265. The molecule has 1 amide bonds. The monoisotopic (exact) mass is 305 g/mol. The summed E-state index contributed by atoms with van der Waals surface area (Å²) in [6, 6.07) is 17.1. The maximum Gasteiger partial charge on any atom is 0.237 e. The van der Waals surface area contributed by atoms with Gasteiger partial charge in [-0.25, -0.2) is 0 Å². The van der Waals surface area contributed by atoms with E-state index in [1.165, 1.54) is 0 Å². The molecule has 1 atom stereocenters. The van der Waals surface area contributed by atoms with E-state index in [1.807, 2.05) is 61.5 Å². The van der Waals surface area contributed by atoms with Crippen LogP contribution in [0.4, 0.5) is 5.69 Å². The lowest BCUT2D eigenvalue weighted by Crippen LogP contribution is -2.24. The van der Waals surface area contributed by atoms with Gasteiger partial charge in [-0.1, -0.05) is 36.7 Å². The van der Waals surface area contributed by atoms with Crippen LogP contribution in [0.3, 0.4) is 0 Å². The number of amides is 1. The molecule has 2 nitrogen and oxygen atoms in total. The van der Waals surface area contributed by atoms with Gasteiger partial charge in [0.15, 0.2) is 0 Å². The van der Waals surface area contributed by atoms with Crippen LogP contribution in [-0.2, 0) is 4.79 Å². The second kappa shape index (κ2) is 7.36. The third kappa shape index (κ3) is 4.29. The zero-order valence-corrected chi connectivity index (χ0v) is 12.7. The van der Waals surface area contributed by atoms with E-state index in [2.05, 4.69) is 5.32 Å². The van der Waals surface area contributed by atoms with Crippen LogP contribution in [0.2, 0.25) is 5.02 Å². The Bertz CT molecular complexity index is 556. The second-order valence-electron chi connectivity index (χ2n) is 4.32. The zero-order valence-electron chi connectivity index (χ0n) is 11.2. The van der Waals surface area contributed by atoms with Crippen molar-refractivity contribution in [3.05, 3.63) is 59.6 Å². The van der Waals surface area contributed by atoms with Gasteiger partial charge < -0.3 is 5.32 Å². The van der Waals surface area contributed by atoms with E-state index in [0.29, 0.717) is 5.02 Å². The number of hydrogen-bond acceptors (Lipinski definition) is 2. The molecule has 0 fully saturated rings. The Morgan fingerprint density at radius 1 is 1.15 bits per heavy atom. The predicted octanol–water partition coefficient (Wildman–Crippen LogP) is 4.85. The summed E-state index contributed by atoms with van der Waals surface area (Å²) in [7, 11) is 0. The minimum atomic E-state index is -0.114. The Labute approximate surface area is 128 Å².